The van der Waals surface area contributed by atoms with Crippen molar-refractivity contribution in [3.8, 4) is 0 Å². The number of halogens is 1. The van der Waals surface area contributed by atoms with Gasteiger partial charge in [0, 0.05) is 22.5 Å². The normalized spacial score (nSPS) is 24.7. The van der Waals surface area contributed by atoms with Gasteiger partial charge < -0.3 is 5.32 Å². The molecule has 0 saturated carbocycles. The monoisotopic (exact) mass is 370 g/mol. The Labute approximate surface area is 142 Å². The molecular formula is C18H15BrN2O2. The first-order valence-electron chi connectivity index (χ1n) is 7.61. The number of nitro benzene ring substituents is 1. The van der Waals surface area contributed by atoms with Gasteiger partial charge in [-0.2, -0.15) is 0 Å². The second-order valence-corrected chi connectivity index (χ2v) is 6.89. The highest BCUT2D eigenvalue weighted by atomic mass is 79.9. The molecule has 4 rings (SSSR count). The molecule has 0 fully saturated rings. The minimum Gasteiger partial charge on any atom is -0.377 e. The van der Waals surface area contributed by atoms with Crippen molar-refractivity contribution in [2.75, 3.05) is 5.32 Å². The zero-order valence-corrected chi connectivity index (χ0v) is 13.9. The number of anilines is 1. The largest absolute Gasteiger partial charge is 0.377 e. The minimum atomic E-state index is -0.333. The topological polar surface area (TPSA) is 55.2 Å². The molecule has 23 heavy (non-hydrogen) atoms. The number of nitrogens with one attached hydrogen (secondary N) is 1. The van der Waals surface area contributed by atoms with E-state index in [9.17, 15) is 10.1 Å². The Kier molecular flexibility index (Phi) is 3.45. The molecule has 0 aromatic heterocycles. The number of nitrogens with zero attached hydrogens (tertiary/aromatic N) is 1. The molecule has 1 heterocycles. The van der Waals surface area contributed by atoms with Crippen LogP contribution in [0.4, 0.5) is 11.4 Å². The van der Waals surface area contributed by atoms with Crippen LogP contribution in [-0.4, -0.2) is 4.92 Å². The summed E-state index contributed by atoms with van der Waals surface area (Å²) >= 11 is 3.62. The van der Waals surface area contributed by atoms with E-state index in [0.717, 1.165) is 22.1 Å². The first-order chi connectivity index (χ1) is 11.1. The Balaban J connectivity index is 1.80. The number of para-hydroxylation sites is 1. The highest BCUT2D eigenvalue weighted by Gasteiger charge is 2.38. The smallest absolute Gasteiger partial charge is 0.269 e. The van der Waals surface area contributed by atoms with Crippen molar-refractivity contribution < 1.29 is 4.92 Å². The number of benzene rings is 2. The summed E-state index contributed by atoms with van der Waals surface area (Å²) in [5.74, 6) is 0.742. The molecule has 3 atom stereocenters. The lowest BCUT2D eigenvalue weighted by atomic mass is 9.77. The quantitative estimate of drug-likeness (QED) is 0.449. The molecule has 116 valence electrons. The van der Waals surface area contributed by atoms with E-state index in [1.54, 1.807) is 18.2 Å². The van der Waals surface area contributed by atoms with Gasteiger partial charge in [-0.25, -0.2) is 0 Å². The van der Waals surface area contributed by atoms with Gasteiger partial charge in [0.15, 0.2) is 0 Å². The summed E-state index contributed by atoms with van der Waals surface area (Å²) in [5, 5.41) is 14.7. The molecule has 0 unspecified atom stereocenters. The molecule has 0 saturated heterocycles. The Bertz CT molecular complexity index is 818. The molecule has 2 aromatic rings. The molecule has 1 aliphatic heterocycles. The van der Waals surface area contributed by atoms with Gasteiger partial charge in [-0.1, -0.05) is 36.4 Å². The first kappa shape index (κ1) is 14.5. The second-order valence-electron chi connectivity index (χ2n) is 6.03. The fourth-order valence-electron chi connectivity index (χ4n) is 3.75. The van der Waals surface area contributed by atoms with Crippen molar-refractivity contribution >= 4 is 27.3 Å². The maximum atomic E-state index is 11.1. The van der Waals surface area contributed by atoms with Crippen LogP contribution < -0.4 is 5.32 Å². The van der Waals surface area contributed by atoms with Crippen LogP contribution in [0.1, 0.15) is 29.5 Å². The van der Waals surface area contributed by atoms with Crippen LogP contribution in [0.5, 0.6) is 0 Å². The molecule has 5 heteroatoms. The van der Waals surface area contributed by atoms with E-state index in [2.05, 4.69) is 45.5 Å². The van der Waals surface area contributed by atoms with E-state index in [4.69, 9.17) is 0 Å². The summed E-state index contributed by atoms with van der Waals surface area (Å²) < 4.78 is 1.03. The van der Waals surface area contributed by atoms with Crippen LogP contribution >= 0.6 is 15.9 Å². The van der Waals surface area contributed by atoms with Crippen LogP contribution in [0.25, 0.3) is 0 Å². The molecule has 1 N–H and O–H groups in total. The zero-order chi connectivity index (χ0) is 16.0. The summed E-state index contributed by atoms with van der Waals surface area (Å²) in [5.41, 5.74) is 3.50. The van der Waals surface area contributed by atoms with Gasteiger partial charge in [-0.3, -0.25) is 10.1 Å². The number of rotatable bonds is 2. The molecule has 0 radical (unpaired) electrons. The summed E-state index contributed by atoms with van der Waals surface area (Å²) in [4.78, 5) is 10.7. The van der Waals surface area contributed by atoms with Crippen LogP contribution in [0, 0.1) is 16.0 Å². The number of fused-ring (bicyclic) bond motifs is 3. The number of allylic oxidation sites excluding steroid dienone is 2. The third kappa shape index (κ3) is 2.36. The van der Waals surface area contributed by atoms with E-state index in [-0.39, 0.29) is 16.7 Å². The average molecular weight is 371 g/mol. The highest BCUT2D eigenvalue weighted by Crippen LogP contribution is 2.51. The lowest BCUT2D eigenvalue weighted by molar-refractivity contribution is -0.384. The first-order valence-corrected chi connectivity index (χ1v) is 8.40. The fourth-order valence-corrected chi connectivity index (χ4v) is 4.24. The predicted octanol–water partition coefficient (Wildman–Crippen LogP) is 5.18. The molecule has 2 aromatic carbocycles. The average Bonchev–Trinajstić information content (AvgIpc) is 3.04. The summed E-state index contributed by atoms with van der Waals surface area (Å²) in [6.45, 7) is 0. The Morgan fingerprint density at radius 3 is 2.87 bits per heavy atom. The molecule has 0 spiro atoms. The number of hydrogen-bond acceptors (Lipinski definition) is 3. The van der Waals surface area contributed by atoms with Crippen molar-refractivity contribution in [1.82, 2.24) is 0 Å². The van der Waals surface area contributed by atoms with Gasteiger partial charge in [0.1, 0.15) is 0 Å². The molecule has 4 nitrogen and oxygen atoms in total. The van der Waals surface area contributed by atoms with Gasteiger partial charge in [0.2, 0.25) is 0 Å². The number of hydrogen-bond donors (Lipinski definition) is 1. The zero-order valence-electron chi connectivity index (χ0n) is 12.3. The second kappa shape index (κ2) is 5.49. The van der Waals surface area contributed by atoms with Crippen LogP contribution in [0.15, 0.2) is 59.1 Å². The fraction of sp³-hybridized carbons (Fsp3) is 0.222. The Morgan fingerprint density at radius 2 is 2.04 bits per heavy atom. The lowest BCUT2D eigenvalue weighted by Crippen LogP contribution is -2.29. The maximum absolute atomic E-state index is 11.1. The summed E-state index contributed by atoms with van der Waals surface area (Å²) in [6.07, 6.45) is 5.47. The molecular weight excluding hydrogens is 356 g/mol. The number of non-ortho nitro benzene ring substituents is 1. The van der Waals surface area contributed by atoms with E-state index in [1.165, 1.54) is 5.56 Å². The standard InChI is InChI=1S/C18H15BrN2O2/c19-16-9-3-8-15-13-6-2-7-14(13)17(20-18(15)16)11-4-1-5-12(10-11)21(22)23/h1-6,8-10,13-14,17,20H,7H2/t13-,14-,17+/m1/s1. The minimum absolute atomic E-state index is 0.0705. The van der Waals surface area contributed by atoms with E-state index < -0.39 is 0 Å². The van der Waals surface area contributed by atoms with Crippen molar-refractivity contribution in [3.05, 3.63) is 80.3 Å². The van der Waals surface area contributed by atoms with Crippen molar-refractivity contribution in [2.45, 2.75) is 18.4 Å². The van der Waals surface area contributed by atoms with Gasteiger partial charge in [-0.15, -0.1) is 0 Å². The van der Waals surface area contributed by atoms with Crippen molar-refractivity contribution in [3.63, 3.8) is 0 Å². The molecule has 0 amide bonds. The van der Waals surface area contributed by atoms with Crippen LogP contribution in [0.3, 0.4) is 0 Å². The van der Waals surface area contributed by atoms with Gasteiger partial charge in [0.25, 0.3) is 5.69 Å². The number of nitro groups is 1. The molecule has 1 aliphatic carbocycles. The summed E-state index contributed by atoms with van der Waals surface area (Å²) in [6, 6.07) is 13.3. The van der Waals surface area contributed by atoms with E-state index >= 15 is 0 Å². The summed E-state index contributed by atoms with van der Waals surface area (Å²) in [7, 11) is 0. The van der Waals surface area contributed by atoms with Gasteiger partial charge in [0.05, 0.1) is 16.7 Å². The third-order valence-corrected chi connectivity index (χ3v) is 5.45. The van der Waals surface area contributed by atoms with E-state index in [0.29, 0.717) is 11.8 Å². The third-order valence-electron chi connectivity index (χ3n) is 4.79. The molecule has 0 bridgehead atoms. The van der Waals surface area contributed by atoms with Gasteiger partial charge >= 0.3 is 0 Å². The van der Waals surface area contributed by atoms with Crippen molar-refractivity contribution in [1.29, 1.82) is 0 Å². The van der Waals surface area contributed by atoms with Crippen LogP contribution in [-0.2, 0) is 0 Å². The molecule has 2 aliphatic rings. The lowest BCUT2D eigenvalue weighted by Gasteiger charge is -2.38. The SMILES string of the molecule is O=[N+]([O-])c1cccc([C@@H]2Nc3c(Br)cccc3[C@@H]3C=CC[C@H]32)c1. The van der Waals surface area contributed by atoms with Gasteiger partial charge in [-0.05, 0) is 45.5 Å². The van der Waals surface area contributed by atoms with Crippen LogP contribution in [0.2, 0.25) is 0 Å². The Morgan fingerprint density at radius 1 is 1.22 bits per heavy atom. The van der Waals surface area contributed by atoms with E-state index in [1.807, 2.05) is 12.1 Å². The Hall–Kier alpha value is -2.14. The predicted molar refractivity (Wildman–Crippen MR) is 93.6 cm³/mol. The van der Waals surface area contributed by atoms with Crippen molar-refractivity contribution in [2.24, 2.45) is 5.92 Å². The highest BCUT2D eigenvalue weighted by molar-refractivity contribution is 9.10. The maximum Gasteiger partial charge on any atom is 0.269 e.